The number of hydrogen-bond donors (Lipinski definition) is 1. The first-order valence-electron chi connectivity index (χ1n) is 7.82. The fraction of sp³-hybridized carbons (Fsp3) is 0.353. The SMILES string of the molecule is CC[C@@H](C)NC(=O)Cn1cnc2scc(-c3ccc(C)s3)c2c1=O. The number of nitrogens with zero attached hydrogens (tertiary/aromatic N) is 2. The largest absolute Gasteiger partial charge is 0.352 e. The standard InChI is InChI=1S/C17H19N3O2S2/c1-4-10(2)19-14(21)7-20-9-18-16-15(17(20)22)12(8-23-16)13-6-5-11(3)24-13/h5-6,8-10H,4,7H2,1-3H3,(H,19,21)/t10-/m1/s1. The molecule has 1 N–H and O–H groups in total. The van der Waals surface area contributed by atoms with E-state index in [1.807, 2.05) is 38.3 Å². The molecule has 1 amide bonds. The molecule has 3 heterocycles. The van der Waals surface area contributed by atoms with Crippen LogP contribution in [0.15, 0.2) is 28.6 Å². The molecule has 0 unspecified atom stereocenters. The number of nitrogens with one attached hydrogen (secondary N) is 1. The summed E-state index contributed by atoms with van der Waals surface area (Å²) in [6.45, 7) is 5.98. The molecule has 0 saturated carbocycles. The van der Waals surface area contributed by atoms with Crippen LogP contribution in [0.2, 0.25) is 0 Å². The van der Waals surface area contributed by atoms with Crippen molar-refractivity contribution in [3.05, 3.63) is 39.1 Å². The Bertz CT molecular complexity index is 939. The molecule has 24 heavy (non-hydrogen) atoms. The van der Waals surface area contributed by atoms with Gasteiger partial charge in [-0.05, 0) is 32.4 Å². The van der Waals surface area contributed by atoms with Crippen LogP contribution in [-0.2, 0) is 11.3 Å². The molecule has 0 aliphatic carbocycles. The molecular weight excluding hydrogens is 342 g/mol. The van der Waals surface area contributed by atoms with Gasteiger partial charge in [0.25, 0.3) is 5.56 Å². The van der Waals surface area contributed by atoms with E-state index in [1.54, 1.807) is 11.3 Å². The second kappa shape index (κ2) is 6.86. The van der Waals surface area contributed by atoms with E-state index in [9.17, 15) is 9.59 Å². The van der Waals surface area contributed by atoms with Gasteiger partial charge in [0, 0.05) is 26.7 Å². The number of thiophene rings is 2. The van der Waals surface area contributed by atoms with Gasteiger partial charge in [-0.2, -0.15) is 0 Å². The van der Waals surface area contributed by atoms with E-state index in [1.165, 1.54) is 27.1 Å². The van der Waals surface area contributed by atoms with Crippen LogP contribution in [-0.4, -0.2) is 21.5 Å². The van der Waals surface area contributed by atoms with E-state index >= 15 is 0 Å². The summed E-state index contributed by atoms with van der Waals surface area (Å²) in [6.07, 6.45) is 2.31. The zero-order valence-corrected chi connectivity index (χ0v) is 15.5. The number of aryl methyl sites for hydroxylation is 1. The van der Waals surface area contributed by atoms with Gasteiger partial charge >= 0.3 is 0 Å². The van der Waals surface area contributed by atoms with Gasteiger partial charge in [-0.25, -0.2) is 4.98 Å². The van der Waals surface area contributed by atoms with E-state index in [4.69, 9.17) is 0 Å². The molecule has 0 aliphatic rings. The van der Waals surface area contributed by atoms with Gasteiger partial charge < -0.3 is 5.32 Å². The van der Waals surface area contributed by atoms with E-state index in [-0.39, 0.29) is 24.1 Å². The number of carbonyl (C=O) groups excluding carboxylic acids is 1. The highest BCUT2D eigenvalue weighted by Crippen LogP contribution is 2.34. The average molecular weight is 361 g/mol. The van der Waals surface area contributed by atoms with Crippen LogP contribution in [0.5, 0.6) is 0 Å². The molecule has 126 valence electrons. The number of rotatable bonds is 5. The maximum Gasteiger partial charge on any atom is 0.263 e. The molecule has 3 rings (SSSR count). The third-order valence-electron chi connectivity index (χ3n) is 3.90. The molecular formula is C17H19N3O2S2. The molecule has 0 fully saturated rings. The molecule has 0 aromatic carbocycles. The molecule has 0 radical (unpaired) electrons. The molecule has 7 heteroatoms. The van der Waals surface area contributed by atoms with Crippen LogP contribution in [0.4, 0.5) is 0 Å². The molecule has 0 aliphatic heterocycles. The highest BCUT2D eigenvalue weighted by Gasteiger charge is 2.16. The van der Waals surface area contributed by atoms with E-state index in [0.717, 1.165) is 16.9 Å². The first-order valence-corrected chi connectivity index (χ1v) is 9.52. The van der Waals surface area contributed by atoms with Gasteiger partial charge in [0.1, 0.15) is 11.4 Å². The molecule has 0 saturated heterocycles. The third kappa shape index (κ3) is 3.27. The lowest BCUT2D eigenvalue weighted by molar-refractivity contribution is -0.122. The second-order valence-corrected chi connectivity index (χ2v) is 7.94. The van der Waals surface area contributed by atoms with Gasteiger partial charge in [0.15, 0.2) is 0 Å². The Hall–Kier alpha value is -1.99. The fourth-order valence-electron chi connectivity index (χ4n) is 2.42. The van der Waals surface area contributed by atoms with Crippen molar-refractivity contribution in [2.24, 2.45) is 0 Å². The van der Waals surface area contributed by atoms with E-state index < -0.39 is 0 Å². The van der Waals surface area contributed by atoms with Crippen molar-refractivity contribution >= 4 is 38.8 Å². The zero-order chi connectivity index (χ0) is 17.3. The Balaban J connectivity index is 1.98. The maximum absolute atomic E-state index is 12.8. The monoisotopic (exact) mass is 361 g/mol. The Morgan fingerprint density at radius 1 is 1.42 bits per heavy atom. The summed E-state index contributed by atoms with van der Waals surface area (Å²) in [5, 5.41) is 5.44. The predicted octanol–water partition coefficient (Wildman–Crippen LogP) is 3.41. The fourth-order valence-corrected chi connectivity index (χ4v) is 4.28. The third-order valence-corrected chi connectivity index (χ3v) is 5.82. The maximum atomic E-state index is 12.8. The van der Waals surface area contributed by atoms with Crippen LogP contribution in [0.25, 0.3) is 20.7 Å². The Kier molecular flexibility index (Phi) is 4.82. The average Bonchev–Trinajstić information content (AvgIpc) is 3.16. The summed E-state index contributed by atoms with van der Waals surface area (Å²) >= 11 is 3.11. The van der Waals surface area contributed by atoms with Gasteiger partial charge in [-0.3, -0.25) is 14.2 Å². The molecule has 0 bridgehead atoms. The van der Waals surface area contributed by atoms with Gasteiger partial charge in [0.2, 0.25) is 5.91 Å². The van der Waals surface area contributed by atoms with Crippen molar-refractivity contribution in [2.75, 3.05) is 0 Å². The van der Waals surface area contributed by atoms with Gasteiger partial charge in [0.05, 0.1) is 11.7 Å². The minimum atomic E-state index is -0.170. The number of aromatic nitrogens is 2. The summed E-state index contributed by atoms with van der Waals surface area (Å²) in [7, 11) is 0. The minimum Gasteiger partial charge on any atom is -0.352 e. The van der Waals surface area contributed by atoms with Crippen molar-refractivity contribution in [2.45, 2.75) is 39.8 Å². The number of amides is 1. The highest BCUT2D eigenvalue weighted by atomic mass is 32.1. The van der Waals surface area contributed by atoms with Crippen LogP contribution < -0.4 is 10.9 Å². The lowest BCUT2D eigenvalue weighted by Gasteiger charge is -2.12. The minimum absolute atomic E-state index is 0.00906. The summed E-state index contributed by atoms with van der Waals surface area (Å²) in [5.74, 6) is -0.170. The van der Waals surface area contributed by atoms with Crippen molar-refractivity contribution in [1.29, 1.82) is 0 Å². The normalized spacial score (nSPS) is 12.5. The predicted molar refractivity (Wildman–Crippen MR) is 99.8 cm³/mol. The van der Waals surface area contributed by atoms with Crippen molar-refractivity contribution in [3.8, 4) is 10.4 Å². The summed E-state index contributed by atoms with van der Waals surface area (Å²) in [5.41, 5.74) is 0.740. The first kappa shape index (κ1) is 16.9. The quantitative estimate of drug-likeness (QED) is 0.757. The molecule has 3 aromatic heterocycles. The smallest absolute Gasteiger partial charge is 0.263 e. The Morgan fingerprint density at radius 2 is 2.21 bits per heavy atom. The highest BCUT2D eigenvalue weighted by molar-refractivity contribution is 7.19. The van der Waals surface area contributed by atoms with Crippen molar-refractivity contribution in [3.63, 3.8) is 0 Å². The summed E-state index contributed by atoms with van der Waals surface area (Å²) in [6, 6.07) is 4.15. The topological polar surface area (TPSA) is 64.0 Å². The lowest BCUT2D eigenvalue weighted by Crippen LogP contribution is -2.37. The molecule has 1 atom stereocenters. The van der Waals surface area contributed by atoms with Crippen LogP contribution in [0, 0.1) is 6.92 Å². The van der Waals surface area contributed by atoms with Gasteiger partial charge in [-0.15, -0.1) is 22.7 Å². The zero-order valence-electron chi connectivity index (χ0n) is 13.8. The van der Waals surface area contributed by atoms with Gasteiger partial charge in [-0.1, -0.05) is 6.92 Å². The number of fused-ring (bicyclic) bond motifs is 1. The summed E-state index contributed by atoms with van der Waals surface area (Å²) in [4.78, 5) is 32.2. The molecule has 0 spiro atoms. The van der Waals surface area contributed by atoms with Crippen LogP contribution in [0.1, 0.15) is 25.1 Å². The molecule has 3 aromatic rings. The second-order valence-electron chi connectivity index (χ2n) is 5.79. The molecule has 5 nitrogen and oxygen atoms in total. The van der Waals surface area contributed by atoms with Crippen LogP contribution in [0.3, 0.4) is 0 Å². The van der Waals surface area contributed by atoms with Crippen LogP contribution >= 0.6 is 22.7 Å². The number of carbonyl (C=O) groups is 1. The van der Waals surface area contributed by atoms with E-state index in [0.29, 0.717) is 10.2 Å². The first-order chi connectivity index (χ1) is 11.5. The Morgan fingerprint density at radius 3 is 2.88 bits per heavy atom. The van der Waals surface area contributed by atoms with Crippen molar-refractivity contribution < 1.29 is 4.79 Å². The van der Waals surface area contributed by atoms with E-state index in [2.05, 4.69) is 10.3 Å². The lowest BCUT2D eigenvalue weighted by atomic mass is 10.2. The summed E-state index contributed by atoms with van der Waals surface area (Å²) < 4.78 is 1.39. The number of hydrogen-bond acceptors (Lipinski definition) is 5. The Labute approximate surface area is 148 Å². The van der Waals surface area contributed by atoms with Crippen molar-refractivity contribution in [1.82, 2.24) is 14.9 Å².